The van der Waals surface area contributed by atoms with Crippen molar-refractivity contribution >= 4 is 39.6 Å². The summed E-state index contributed by atoms with van der Waals surface area (Å²) in [4.78, 5) is 23.3. The van der Waals surface area contributed by atoms with E-state index >= 15 is 0 Å². The molecule has 0 radical (unpaired) electrons. The molecule has 0 saturated heterocycles. The van der Waals surface area contributed by atoms with Crippen molar-refractivity contribution in [3.05, 3.63) is 0 Å². The van der Waals surface area contributed by atoms with Gasteiger partial charge >= 0.3 is 5.97 Å². The number of rotatable bonds is 17. The fourth-order valence-electron chi connectivity index (χ4n) is 3.11. The number of esters is 1. The molecule has 0 fully saturated rings. The van der Waals surface area contributed by atoms with Crippen LogP contribution in [0.2, 0.25) is 0 Å². The zero-order valence-corrected chi connectivity index (χ0v) is 20.2. The number of halogens is 1. The fourth-order valence-corrected chi connectivity index (χ4v) is 3.72. The van der Waals surface area contributed by atoms with Gasteiger partial charge in [0, 0.05) is 11.5 Å². The van der Waals surface area contributed by atoms with E-state index in [9.17, 15) is 9.59 Å². The first-order chi connectivity index (χ1) is 12.7. The number of carbonyl (C=O) groups excluding carboxylic acids is 2. The fraction of sp³-hybridized carbons (Fsp3) is 0.905. The van der Waals surface area contributed by atoms with Crippen molar-refractivity contribution in [3.63, 3.8) is 0 Å². The van der Waals surface area contributed by atoms with E-state index in [4.69, 9.17) is 4.74 Å². The maximum atomic E-state index is 12.3. The molecule has 27 heavy (non-hydrogen) atoms. The second-order valence-electron chi connectivity index (χ2n) is 8.55. The Kier molecular flexibility index (Phi) is 15.6. The Labute approximate surface area is 180 Å². The van der Waals surface area contributed by atoms with Crippen LogP contribution >= 0.6 is 15.9 Å². The lowest BCUT2D eigenvalue weighted by Crippen LogP contribution is -2.44. The number of alkyl halides is 1. The van der Waals surface area contributed by atoms with E-state index in [0.717, 1.165) is 19.3 Å². The Hall–Kier alpha value is -0.200. The van der Waals surface area contributed by atoms with Crippen LogP contribution in [0, 0.1) is 0 Å². The van der Waals surface area contributed by atoms with Gasteiger partial charge in [0.25, 0.3) is 0 Å². The summed E-state index contributed by atoms with van der Waals surface area (Å²) in [7, 11) is 6.01. The third-order valence-electron chi connectivity index (χ3n) is 4.50. The second-order valence-corrected chi connectivity index (χ2v) is 10.1. The van der Waals surface area contributed by atoms with Crippen LogP contribution in [0.4, 0.5) is 0 Å². The first-order valence-electron chi connectivity index (χ1n) is 10.5. The van der Waals surface area contributed by atoms with Gasteiger partial charge in [-0.05, 0) is 6.42 Å². The molecule has 0 rings (SSSR count). The van der Waals surface area contributed by atoms with Gasteiger partial charge in [-0.3, -0.25) is 4.79 Å². The maximum absolute atomic E-state index is 12.3. The van der Waals surface area contributed by atoms with E-state index < -0.39 is 6.10 Å². The number of quaternary nitrogens is 1. The molecule has 0 N–H and O–H groups in total. The highest BCUT2D eigenvalue weighted by molar-refractivity contribution is 9.10. The minimum Gasteiger partial charge on any atom is -0.742 e. The van der Waals surface area contributed by atoms with Crippen molar-refractivity contribution in [1.29, 1.82) is 0 Å². The summed E-state index contributed by atoms with van der Waals surface area (Å²) in [5, 5.41) is -0.359. The molecule has 6 heteroatoms. The molecular weight excluding hydrogens is 426 g/mol. The molecule has 0 aliphatic heterocycles. The summed E-state index contributed by atoms with van der Waals surface area (Å²) in [5.74, 6) is -0.277. The van der Waals surface area contributed by atoms with Crippen LogP contribution < -0.4 is 0 Å². The van der Waals surface area contributed by atoms with E-state index in [-0.39, 0.29) is 22.3 Å². The molecular formula is C21H40BrNO3S. The lowest BCUT2D eigenvalue weighted by atomic mass is 10.1. The summed E-state index contributed by atoms with van der Waals surface area (Å²) < 4.78 is 6.17. The van der Waals surface area contributed by atoms with Gasteiger partial charge in [-0.1, -0.05) is 87.1 Å². The number of ether oxygens (including phenoxy) is 1. The molecule has 0 aromatic rings. The van der Waals surface area contributed by atoms with Gasteiger partial charge in [0.05, 0.1) is 21.1 Å². The number of carbonyl (C=O) groups is 2. The Morgan fingerprint density at radius 2 is 1.41 bits per heavy atom. The molecule has 0 amide bonds. The number of hydrogen-bond acceptors (Lipinski definition) is 4. The van der Waals surface area contributed by atoms with E-state index in [2.05, 4.69) is 35.5 Å². The number of unbranched alkanes of at least 4 members (excludes halogenated alkanes) is 9. The monoisotopic (exact) mass is 465 g/mol. The quantitative estimate of drug-likeness (QED) is 0.0979. The third kappa shape index (κ3) is 17.6. The predicted octanol–water partition coefficient (Wildman–Crippen LogP) is 5.14. The molecule has 160 valence electrons. The normalized spacial score (nSPS) is 14.0. The van der Waals surface area contributed by atoms with Gasteiger partial charge < -0.3 is 26.6 Å². The maximum Gasteiger partial charge on any atom is 0.320 e. The molecule has 0 saturated carbocycles. The minimum absolute atomic E-state index is 0.106. The van der Waals surface area contributed by atoms with Gasteiger partial charge in [-0.25, -0.2) is 0 Å². The zero-order chi connectivity index (χ0) is 20.7. The first kappa shape index (κ1) is 26.8. The molecule has 0 aromatic carbocycles. The Bertz CT molecular complexity index is 413. The summed E-state index contributed by atoms with van der Waals surface area (Å²) in [6, 6.07) is 0. The lowest BCUT2D eigenvalue weighted by Gasteiger charge is -2.29. The van der Waals surface area contributed by atoms with Gasteiger partial charge in [-0.15, -0.1) is 0 Å². The van der Waals surface area contributed by atoms with Crippen molar-refractivity contribution in [2.45, 2.75) is 94.9 Å². The lowest BCUT2D eigenvalue weighted by molar-refractivity contribution is -0.873. The van der Waals surface area contributed by atoms with E-state index in [1.54, 1.807) is 0 Å². The molecule has 2 unspecified atom stereocenters. The number of hydrogen-bond donors (Lipinski definition) is 0. The van der Waals surface area contributed by atoms with Crippen LogP contribution in [-0.4, -0.2) is 54.2 Å². The van der Waals surface area contributed by atoms with Crippen molar-refractivity contribution in [1.82, 2.24) is 0 Å². The van der Waals surface area contributed by atoms with Crippen molar-refractivity contribution in [2.75, 3.05) is 27.7 Å². The van der Waals surface area contributed by atoms with Crippen LogP contribution in [0.5, 0.6) is 0 Å². The number of likely N-dealkylation sites (N-methyl/N-ethyl adjacent to an activating group) is 1. The average molecular weight is 467 g/mol. The summed E-state index contributed by atoms with van der Waals surface area (Å²) in [5.41, 5.74) is 0. The SMILES string of the molecule is CCCCCCCCCCCCC(Br)C(=O)OC(CC(=O)[S-])C[N+](C)(C)C. The third-order valence-corrected chi connectivity index (χ3v) is 5.49. The highest BCUT2D eigenvalue weighted by atomic mass is 79.9. The van der Waals surface area contributed by atoms with Crippen LogP contribution in [0.1, 0.15) is 84.0 Å². The summed E-state index contributed by atoms with van der Waals surface area (Å²) in [6.45, 7) is 2.82. The van der Waals surface area contributed by atoms with Crippen molar-refractivity contribution in [3.8, 4) is 0 Å². The molecule has 4 nitrogen and oxygen atoms in total. The highest BCUT2D eigenvalue weighted by Crippen LogP contribution is 2.17. The van der Waals surface area contributed by atoms with Crippen LogP contribution in [0.3, 0.4) is 0 Å². The zero-order valence-electron chi connectivity index (χ0n) is 17.8. The first-order valence-corrected chi connectivity index (χ1v) is 11.8. The van der Waals surface area contributed by atoms with Gasteiger partial charge in [0.1, 0.15) is 11.4 Å². The van der Waals surface area contributed by atoms with Crippen LogP contribution in [0.25, 0.3) is 0 Å². The summed E-state index contributed by atoms with van der Waals surface area (Å²) >= 11 is 8.11. The molecule has 0 aromatic heterocycles. The van der Waals surface area contributed by atoms with Crippen molar-refractivity contribution < 1.29 is 18.8 Å². The Morgan fingerprint density at radius 1 is 0.926 bits per heavy atom. The number of nitrogens with zero attached hydrogens (tertiary/aromatic N) is 1. The van der Waals surface area contributed by atoms with Gasteiger partial charge in [0.15, 0.2) is 6.10 Å². The standard InChI is InChI=1S/C21H40BrNO3S/c1-5-6-7-8-9-10-11-12-13-14-15-19(22)21(25)26-18(16-20(24)27)17-23(2,3)4/h18-19H,5-17H2,1-4H3. The van der Waals surface area contributed by atoms with Crippen LogP contribution in [-0.2, 0) is 27.0 Å². The topological polar surface area (TPSA) is 43.4 Å². The molecule has 0 aliphatic carbocycles. The highest BCUT2D eigenvalue weighted by Gasteiger charge is 2.25. The smallest absolute Gasteiger partial charge is 0.320 e. The molecule has 0 spiro atoms. The summed E-state index contributed by atoms with van der Waals surface area (Å²) in [6.07, 6.45) is 13.2. The van der Waals surface area contributed by atoms with E-state index in [1.165, 1.54) is 51.4 Å². The largest absolute Gasteiger partial charge is 0.742 e. The Morgan fingerprint density at radius 3 is 1.85 bits per heavy atom. The average Bonchev–Trinajstić information content (AvgIpc) is 2.54. The van der Waals surface area contributed by atoms with Crippen molar-refractivity contribution in [2.24, 2.45) is 0 Å². The van der Waals surface area contributed by atoms with Gasteiger partial charge in [-0.2, -0.15) is 0 Å². The van der Waals surface area contributed by atoms with E-state index in [1.807, 2.05) is 21.1 Å². The van der Waals surface area contributed by atoms with E-state index in [0.29, 0.717) is 11.0 Å². The Balaban J connectivity index is 3.93. The minimum atomic E-state index is -0.449. The molecule has 0 aliphatic rings. The van der Waals surface area contributed by atoms with Gasteiger partial charge in [0.2, 0.25) is 0 Å². The second kappa shape index (κ2) is 15.7. The van der Waals surface area contributed by atoms with Crippen LogP contribution in [0.15, 0.2) is 0 Å². The molecule has 2 atom stereocenters. The molecule has 0 bridgehead atoms. The molecule has 0 heterocycles. The predicted molar refractivity (Wildman–Crippen MR) is 119 cm³/mol.